The molecule has 104 valence electrons. The van der Waals surface area contributed by atoms with Gasteiger partial charge in [0.05, 0.1) is 12.5 Å². The predicted molar refractivity (Wildman–Crippen MR) is 78.1 cm³/mol. The molecule has 1 aromatic heterocycles. The molecule has 0 unspecified atom stereocenters. The summed E-state index contributed by atoms with van der Waals surface area (Å²) in [5.74, 6) is 1.67. The second-order valence-electron chi connectivity index (χ2n) is 5.83. The summed E-state index contributed by atoms with van der Waals surface area (Å²) in [5, 5.41) is 11.6. The van der Waals surface area contributed by atoms with Crippen molar-refractivity contribution in [3.05, 3.63) is 12.4 Å². The fraction of sp³-hybridized carbons (Fsp3) is 0.643. The number of hydrogen-bond donors (Lipinski definition) is 1. The van der Waals surface area contributed by atoms with Gasteiger partial charge in [-0.15, -0.1) is 0 Å². The van der Waals surface area contributed by atoms with Crippen LogP contribution in [0.4, 0.5) is 11.6 Å². The maximum Gasteiger partial charge on any atom is 0.133 e. The molecule has 0 bridgehead atoms. The van der Waals surface area contributed by atoms with Crippen LogP contribution < -0.4 is 10.2 Å². The van der Waals surface area contributed by atoms with Crippen molar-refractivity contribution in [3.8, 4) is 6.07 Å². The first kappa shape index (κ1) is 15.2. The lowest BCUT2D eigenvalue weighted by atomic mass is 9.92. The van der Waals surface area contributed by atoms with Gasteiger partial charge in [-0.1, -0.05) is 20.8 Å². The molecule has 0 aromatic carbocycles. The normalized spacial score (nSPS) is 10.9. The summed E-state index contributed by atoms with van der Waals surface area (Å²) in [6.07, 6.45) is 3.13. The van der Waals surface area contributed by atoms with E-state index < -0.39 is 0 Å². The zero-order valence-corrected chi connectivity index (χ0v) is 12.3. The number of rotatable bonds is 6. The maximum atomic E-state index is 8.50. The van der Waals surface area contributed by atoms with E-state index in [1.807, 2.05) is 13.1 Å². The van der Waals surface area contributed by atoms with Crippen molar-refractivity contribution in [1.29, 1.82) is 5.26 Å². The fourth-order valence-corrected chi connectivity index (χ4v) is 1.52. The summed E-state index contributed by atoms with van der Waals surface area (Å²) >= 11 is 0. The topological polar surface area (TPSA) is 64.8 Å². The van der Waals surface area contributed by atoms with E-state index in [-0.39, 0.29) is 0 Å². The number of nitrogens with one attached hydrogen (secondary N) is 1. The van der Waals surface area contributed by atoms with Crippen molar-refractivity contribution in [1.82, 2.24) is 9.97 Å². The first-order valence-corrected chi connectivity index (χ1v) is 6.56. The van der Waals surface area contributed by atoms with Gasteiger partial charge in [-0.05, 0) is 11.8 Å². The molecule has 1 N–H and O–H groups in total. The van der Waals surface area contributed by atoms with Crippen molar-refractivity contribution in [2.24, 2.45) is 5.41 Å². The largest absolute Gasteiger partial charge is 0.369 e. The lowest BCUT2D eigenvalue weighted by Crippen LogP contribution is -2.24. The van der Waals surface area contributed by atoms with E-state index in [4.69, 9.17) is 5.26 Å². The van der Waals surface area contributed by atoms with Crippen LogP contribution in [0.15, 0.2) is 12.4 Å². The predicted octanol–water partition coefficient (Wildman–Crippen LogP) is 2.67. The summed E-state index contributed by atoms with van der Waals surface area (Å²) in [4.78, 5) is 10.5. The van der Waals surface area contributed by atoms with Gasteiger partial charge in [0.15, 0.2) is 0 Å². The molecule has 5 heteroatoms. The molecule has 19 heavy (non-hydrogen) atoms. The average Bonchev–Trinajstić information content (AvgIpc) is 2.36. The Hall–Kier alpha value is -1.83. The van der Waals surface area contributed by atoms with E-state index in [0.717, 1.165) is 24.6 Å². The molecule has 0 aliphatic heterocycles. The van der Waals surface area contributed by atoms with Gasteiger partial charge in [0.25, 0.3) is 0 Å². The Balaban J connectivity index is 2.57. The fourth-order valence-electron chi connectivity index (χ4n) is 1.52. The molecule has 0 aliphatic carbocycles. The molecule has 0 amide bonds. The molecule has 1 heterocycles. The Morgan fingerprint density at radius 3 is 2.74 bits per heavy atom. The maximum absolute atomic E-state index is 8.50. The third-order valence-electron chi connectivity index (χ3n) is 2.78. The smallest absolute Gasteiger partial charge is 0.133 e. The molecule has 0 radical (unpaired) electrons. The second-order valence-corrected chi connectivity index (χ2v) is 5.83. The van der Waals surface area contributed by atoms with Gasteiger partial charge >= 0.3 is 0 Å². The standard InChI is InChI=1S/C14H23N5/c1-14(2,3)6-9-19(4)13-10-12(17-11-18-13)16-8-5-7-15/h10-11H,5-6,8-9H2,1-4H3,(H,16,17,18). The number of nitriles is 1. The van der Waals surface area contributed by atoms with Gasteiger partial charge in [-0.25, -0.2) is 9.97 Å². The Labute approximate surface area is 115 Å². The zero-order valence-electron chi connectivity index (χ0n) is 12.3. The highest BCUT2D eigenvalue weighted by Crippen LogP contribution is 2.20. The second kappa shape index (κ2) is 6.93. The Bertz CT molecular complexity index is 430. The first-order valence-electron chi connectivity index (χ1n) is 6.56. The highest BCUT2D eigenvalue weighted by atomic mass is 15.2. The van der Waals surface area contributed by atoms with Crippen molar-refractivity contribution in [2.75, 3.05) is 30.4 Å². The Morgan fingerprint density at radius 2 is 2.11 bits per heavy atom. The molecule has 0 saturated carbocycles. The highest BCUT2D eigenvalue weighted by molar-refractivity contribution is 5.47. The highest BCUT2D eigenvalue weighted by Gasteiger charge is 2.12. The van der Waals surface area contributed by atoms with Crippen molar-refractivity contribution >= 4 is 11.6 Å². The number of hydrogen-bond acceptors (Lipinski definition) is 5. The monoisotopic (exact) mass is 261 g/mol. The van der Waals surface area contributed by atoms with E-state index in [0.29, 0.717) is 18.4 Å². The molecule has 0 aliphatic rings. The third kappa shape index (κ3) is 6.05. The zero-order chi connectivity index (χ0) is 14.3. The molecular weight excluding hydrogens is 238 g/mol. The van der Waals surface area contributed by atoms with Gasteiger partial charge in [-0.3, -0.25) is 0 Å². The molecule has 1 aromatic rings. The number of anilines is 2. The van der Waals surface area contributed by atoms with E-state index >= 15 is 0 Å². The summed E-state index contributed by atoms with van der Waals surface area (Å²) < 4.78 is 0. The molecule has 0 fully saturated rings. The van der Waals surface area contributed by atoms with Crippen LogP contribution in [-0.2, 0) is 0 Å². The SMILES string of the molecule is CN(CCC(C)(C)C)c1cc(NCCC#N)ncn1. The van der Waals surface area contributed by atoms with E-state index in [1.165, 1.54) is 0 Å². The minimum atomic E-state index is 0.315. The van der Waals surface area contributed by atoms with Crippen LogP contribution in [0.5, 0.6) is 0 Å². The molecule has 0 saturated heterocycles. The first-order chi connectivity index (χ1) is 8.92. The van der Waals surface area contributed by atoms with Crippen molar-refractivity contribution < 1.29 is 0 Å². The summed E-state index contributed by atoms with van der Waals surface area (Å²) in [6, 6.07) is 4.01. The van der Waals surface area contributed by atoms with Crippen LogP contribution in [-0.4, -0.2) is 30.1 Å². The molecule has 5 nitrogen and oxygen atoms in total. The van der Waals surface area contributed by atoms with Crippen LogP contribution in [0, 0.1) is 16.7 Å². The molecular formula is C14H23N5. The summed E-state index contributed by atoms with van der Waals surface area (Å²) in [6.45, 7) is 8.26. The van der Waals surface area contributed by atoms with Gasteiger partial charge in [0.1, 0.15) is 18.0 Å². The Morgan fingerprint density at radius 1 is 1.37 bits per heavy atom. The average molecular weight is 261 g/mol. The van der Waals surface area contributed by atoms with Gasteiger partial charge < -0.3 is 10.2 Å². The van der Waals surface area contributed by atoms with E-state index in [1.54, 1.807) is 6.33 Å². The van der Waals surface area contributed by atoms with Crippen LogP contribution in [0.2, 0.25) is 0 Å². The van der Waals surface area contributed by atoms with Crippen molar-refractivity contribution in [2.45, 2.75) is 33.6 Å². The molecule has 0 atom stereocenters. The van der Waals surface area contributed by atoms with Gasteiger partial charge in [-0.2, -0.15) is 5.26 Å². The van der Waals surface area contributed by atoms with Crippen molar-refractivity contribution in [3.63, 3.8) is 0 Å². The minimum absolute atomic E-state index is 0.315. The van der Waals surface area contributed by atoms with Gasteiger partial charge in [0, 0.05) is 26.2 Å². The number of nitrogens with zero attached hydrogens (tertiary/aromatic N) is 4. The van der Waals surface area contributed by atoms with Crippen LogP contribution in [0.25, 0.3) is 0 Å². The lowest BCUT2D eigenvalue weighted by molar-refractivity contribution is 0.381. The van der Waals surface area contributed by atoms with Crippen LogP contribution in [0.3, 0.4) is 0 Å². The summed E-state index contributed by atoms with van der Waals surface area (Å²) in [5.41, 5.74) is 0.315. The van der Waals surface area contributed by atoms with E-state index in [2.05, 4.69) is 47.0 Å². The molecule has 0 spiro atoms. The molecule has 1 rings (SSSR count). The quantitative estimate of drug-likeness (QED) is 0.798. The van der Waals surface area contributed by atoms with Gasteiger partial charge in [0.2, 0.25) is 0 Å². The van der Waals surface area contributed by atoms with Crippen LogP contribution >= 0.6 is 0 Å². The summed E-state index contributed by atoms with van der Waals surface area (Å²) in [7, 11) is 2.03. The lowest BCUT2D eigenvalue weighted by Gasteiger charge is -2.24. The van der Waals surface area contributed by atoms with E-state index in [9.17, 15) is 0 Å². The number of aromatic nitrogens is 2. The Kier molecular flexibility index (Phi) is 5.56. The minimum Gasteiger partial charge on any atom is -0.369 e. The third-order valence-corrected chi connectivity index (χ3v) is 2.78. The van der Waals surface area contributed by atoms with Crippen LogP contribution in [0.1, 0.15) is 33.6 Å².